The molecule has 0 fully saturated rings. The van der Waals surface area contributed by atoms with Crippen molar-refractivity contribution in [2.75, 3.05) is 6.61 Å². The van der Waals surface area contributed by atoms with Gasteiger partial charge in [-0.1, -0.05) is 19.9 Å². The van der Waals surface area contributed by atoms with E-state index < -0.39 is 23.9 Å². The van der Waals surface area contributed by atoms with Crippen LogP contribution in [0, 0.1) is 0 Å². The lowest BCUT2D eigenvalue weighted by molar-refractivity contribution is -0.139. The summed E-state index contributed by atoms with van der Waals surface area (Å²) in [6, 6.07) is 3.38. The van der Waals surface area contributed by atoms with Crippen LogP contribution in [-0.4, -0.2) is 22.4 Å². The highest BCUT2D eigenvalue weighted by Crippen LogP contribution is 2.37. The zero-order valence-corrected chi connectivity index (χ0v) is 11.5. The number of hydrogen-bond donors (Lipinski definition) is 2. The third kappa shape index (κ3) is 4.11. The first-order valence-electron chi connectivity index (χ1n) is 6.42. The van der Waals surface area contributed by atoms with E-state index in [0.717, 1.165) is 6.07 Å². The van der Waals surface area contributed by atoms with E-state index in [9.17, 15) is 18.3 Å². The molecule has 0 aliphatic rings. The number of aliphatic hydroxyl groups excluding tert-OH is 1. The number of benzene rings is 1. The molecule has 0 heterocycles. The second-order valence-corrected chi connectivity index (χ2v) is 4.71. The number of aliphatic hydroxyl groups is 2. The molecule has 0 amide bonds. The molecule has 0 unspecified atom stereocenters. The van der Waals surface area contributed by atoms with Crippen LogP contribution in [0.15, 0.2) is 18.2 Å². The van der Waals surface area contributed by atoms with Gasteiger partial charge in [0.2, 0.25) is 0 Å². The molecule has 0 radical (unpaired) electrons. The Morgan fingerprint density at radius 1 is 1.15 bits per heavy atom. The van der Waals surface area contributed by atoms with E-state index in [4.69, 9.17) is 9.84 Å². The summed E-state index contributed by atoms with van der Waals surface area (Å²) in [7, 11) is 0. The maximum atomic E-state index is 12.9. The molecular formula is C14H19F3O3. The average Bonchev–Trinajstić information content (AvgIpc) is 2.43. The van der Waals surface area contributed by atoms with E-state index in [1.807, 2.05) is 0 Å². The van der Waals surface area contributed by atoms with E-state index in [1.54, 1.807) is 13.8 Å². The fraction of sp³-hybridized carbons (Fsp3) is 0.571. The molecule has 20 heavy (non-hydrogen) atoms. The fourth-order valence-corrected chi connectivity index (χ4v) is 1.69. The molecule has 1 aromatic rings. The second-order valence-electron chi connectivity index (χ2n) is 4.71. The van der Waals surface area contributed by atoms with Crippen molar-refractivity contribution >= 4 is 0 Å². The van der Waals surface area contributed by atoms with E-state index in [0.29, 0.717) is 12.8 Å². The van der Waals surface area contributed by atoms with Gasteiger partial charge >= 0.3 is 6.18 Å². The number of hydrogen-bond acceptors (Lipinski definition) is 3. The molecule has 1 aromatic carbocycles. The molecule has 0 spiro atoms. The zero-order valence-electron chi connectivity index (χ0n) is 11.5. The van der Waals surface area contributed by atoms with Crippen molar-refractivity contribution in [3.63, 3.8) is 0 Å². The van der Waals surface area contributed by atoms with Crippen LogP contribution in [-0.2, 0) is 12.8 Å². The van der Waals surface area contributed by atoms with Gasteiger partial charge in [-0.15, -0.1) is 0 Å². The number of halogens is 3. The Balaban J connectivity index is 3.00. The van der Waals surface area contributed by atoms with Crippen LogP contribution >= 0.6 is 0 Å². The van der Waals surface area contributed by atoms with Crippen LogP contribution in [0.4, 0.5) is 13.2 Å². The summed E-state index contributed by atoms with van der Waals surface area (Å²) in [5.74, 6) is -0.338. The molecular weight excluding hydrogens is 273 g/mol. The smallest absolute Gasteiger partial charge is 0.419 e. The first-order chi connectivity index (χ1) is 9.25. The molecule has 114 valence electrons. The van der Waals surface area contributed by atoms with Crippen LogP contribution in [0.5, 0.6) is 5.75 Å². The van der Waals surface area contributed by atoms with Gasteiger partial charge in [0.25, 0.3) is 0 Å². The standard InChI is InChI=1S/C14H19F3O3/c1-3-13(19,4-2)9-20-12-6-5-10(8-18)7-11(12)14(15,16)17/h5-7,18-19H,3-4,8-9H2,1-2H3. The van der Waals surface area contributed by atoms with Gasteiger partial charge in [0.1, 0.15) is 12.4 Å². The Bertz CT molecular complexity index is 440. The van der Waals surface area contributed by atoms with Crippen LogP contribution in [0.2, 0.25) is 0 Å². The van der Waals surface area contributed by atoms with Crippen molar-refractivity contribution in [2.45, 2.75) is 45.1 Å². The summed E-state index contributed by atoms with van der Waals surface area (Å²) in [4.78, 5) is 0. The summed E-state index contributed by atoms with van der Waals surface area (Å²) >= 11 is 0. The van der Waals surface area contributed by atoms with E-state index >= 15 is 0 Å². The topological polar surface area (TPSA) is 49.7 Å². The quantitative estimate of drug-likeness (QED) is 0.847. The lowest BCUT2D eigenvalue weighted by Gasteiger charge is -2.26. The highest BCUT2D eigenvalue weighted by molar-refractivity contribution is 5.39. The Morgan fingerprint density at radius 2 is 1.75 bits per heavy atom. The van der Waals surface area contributed by atoms with E-state index in [2.05, 4.69) is 0 Å². The Morgan fingerprint density at radius 3 is 2.20 bits per heavy atom. The summed E-state index contributed by atoms with van der Waals surface area (Å²) in [6.45, 7) is 2.80. The summed E-state index contributed by atoms with van der Waals surface area (Å²) in [5, 5.41) is 18.9. The summed E-state index contributed by atoms with van der Waals surface area (Å²) < 4.78 is 43.9. The van der Waals surface area contributed by atoms with Gasteiger partial charge < -0.3 is 14.9 Å². The number of rotatable bonds is 6. The molecule has 3 nitrogen and oxygen atoms in total. The zero-order chi connectivity index (χ0) is 15.4. The minimum Gasteiger partial charge on any atom is -0.490 e. The number of ether oxygens (including phenoxy) is 1. The molecule has 0 aliphatic carbocycles. The van der Waals surface area contributed by atoms with Gasteiger partial charge in [-0.05, 0) is 30.5 Å². The Kier molecular flexibility index (Phi) is 5.42. The lowest BCUT2D eigenvalue weighted by Crippen LogP contribution is -2.34. The Hall–Kier alpha value is -1.27. The first kappa shape index (κ1) is 16.8. The Labute approximate surface area is 116 Å². The molecule has 0 saturated heterocycles. The van der Waals surface area contributed by atoms with Crippen molar-refractivity contribution < 1.29 is 28.1 Å². The largest absolute Gasteiger partial charge is 0.490 e. The third-order valence-electron chi connectivity index (χ3n) is 3.34. The van der Waals surface area contributed by atoms with Crippen molar-refractivity contribution in [1.29, 1.82) is 0 Å². The van der Waals surface area contributed by atoms with Gasteiger partial charge in [0.15, 0.2) is 0 Å². The van der Waals surface area contributed by atoms with Gasteiger partial charge in [-0.2, -0.15) is 13.2 Å². The SMILES string of the molecule is CCC(O)(CC)COc1ccc(CO)cc1C(F)(F)F. The highest BCUT2D eigenvalue weighted by Gasteiger charge is 2.35. The van der Waals surface area contributed by atoms with Crippen LogP contribution < -0.4 is 4.74 Å². The van der Waals surface area contributed by atoms with Gasteiger partial charge in [-0.3, -0.25) is 0 Å². The molecule has 2 N–H and O–H groups in total. The van der Waals surface area contributed by atoms with Gasteiger partial charge in [0.05, 0.1) is 17.8 Å². The number of alkyl halides is 3. The predicted molar refractivity (Wildman–Crippen MR) is 68.4 cm³/mol. The molecule has 0 aromatic heterocycles. The maximum Gasteiger partial charge on any atom is 0.419 e. The molecule has 0 saturated carbocycles. The summed E-state index contributed by atoms with van der Waals surface area (Å²) in [6.07, 6.45) is -3.80. The normalized spacial score (nSPS) is 12.6. The monoisotopic (exact) mass is 292 g/mol. The highest BCUT2D eigenvalue weighted by atomic mass is 19.4. The third-order valence-corrected chi connectivity index (χ3v) is 3.34. The van der Waals surface area contributed by atoms with Crippen molar-refractivity contribution in [3.8, 4) is 5.75 Å². The minimum absolute atomic E-state index is 0.158. The molecule has 0 aliphatic heterocycles. The van der Waals surface area contributed by atoms with Gasteiger partial charge in [0, 0.05) is 0 Å². The summed E-state index contributed by atoms with van der Waals surface area (Å²) in [5.41, 5.74) is -1.93. The van der Waals surface area contributed by atoms with E-state index in [-0.39, 0.29) is 17.9 Å². The van der Waals surface area contributed by atoms with Crippen LogP contribution in [0.25, 0.3) is 0 Å². The second kappa shape index (κ2) is 6.45. The lowest BCUT2D eigenvalue weighted by atomic mass is 9.99. The van der Waals surface area contributed by atoms with Crippen molar-refractivity contribution in [3.05, 3.63) is 29.3 Å². The average molecular weight is 292 g/mol. The van der Waals surface area contributed by atoms with Gasteiger partial charge in [-0.25, -0.2) is 0 Å². The van der Waals surface area contributed by atoms with E-state index in [1.165, 1.54) is 12.1 Å². The minimum atomic E-state index is -4.57. The predicted octanol–water partition coefficient (Wildman–Crippen LogP) is 3.13. The van der Waals surface area contributed by atoms with Crippen molar-refractivity contribution in [2.24, 2.45) is 0 Å². The van der Waals surface area contributed by atoms with Crippen molar-refractivity contribution in [1.82, 2.24) is 0 Å². The van der Waals surface area contributed by atoms with Crippen LogP contribution in [0.1, 0.15) is 37.8 Å². The molecule has 0 bridgehead atoms. The molecule has 1 rings (SSSR count). The fourth-order valence-electron chi connectivity index (χ4n) is 1.69. The van der Waals surface area contributed by atoms with Crippen LogP contribution in [0.3, 0.4) is 0 Å². The first-order valence-corrected chi connectivity index (χ1v) is 6.42. The molecule has 6 heteroatoms. The molecule has 0 atom stereocenters. The maximum absolute atomic E-state index is 12.9.